The molecule has 0 aromatic carbocycles. The lowest BCUT2D eigenvalue weighted by molar-refractivity contribution is 2.44. The lowest BCUT2D eigenvalue weighted by Gasteiger charge is -1.70. The minimum Gasteiger partial charge on any atom is -0.0950 e. The van der Waals surface area contributed by atoms with Gasteiger partial charge in [-0.05, 0) is 0 Å². The van der Waals surface area contributed by atoms with E-state index in [2.05, 4.69) is 9.24 Å². The van der Waals surface area contributed by atoms with Gasteiger partial charge >= 0.3 is 0 Å². The fourth-order valence-electron chi connectivity index (χ4n) is 0. The first-order valence-corrected chi connectivity index (χ1v) is 2.00. The van der Waals surface area contributed by atoms with Gasteiger partial charge in [0, 0.05) is 0 Å². The molecule has 25 valence electrons. The van der Waals surface area contributed by atoms with E-state index < -0.39 is 0 Å². The molecule has 0 aliphatic rings. The number of hydrogen-bond acceptors (Lipinski definition) is 0. The Bertz CT molecular complexity index is 10.8. The highest BCUT2D eigenvalue weighted by atomic mass is 35.5. The third-order valence-corrected chi connectivity index (χ3v) is 0. The van der Waals surface area contributed by atoms with Crippen molar-refractivity contribution in [2.24, 2.45) is 0 Å². The molecule has 0 aliphatic heterocycles. The van der Waals surface area contributed by atoms with Crippen LogP contribution in [0.15, 0.2) is 0 Å². The van der Waals surface area contributed by atoms with E-state index in [0.717, 1.165) is 0 Å². The van der Waals surface area contributed by atoms with Crippen LogP contribution in [0.5, 0.6) is 0 Å². The zero-order chi connectivity index (χ0) is 3.58. The van der Waals surface area contributed by atoms with Gasteiger partial charge in [-0.2, -0.15) is 0 Å². The average molecular weight is 116 g/mol. The van der Waals surface area contributed by atoms with Crippen molar-refractivity contribution < 1.29 is 0 Å². The highest BCUT2D eigenvalue weighted by molar-refractivity contribution is 7.30. The Morgan fingerprint density at radius 3 is 1.50 bits per heavy atom. The summed E-state index contributed by atoms with van der Waals surface area (Å²) in [5.41, 5.74) is 0. The Kier molecular flexibility index (Phi) is 2.83. The zero-order valence-corrected chi connectivity index (χ0v) is 4.50. The predicted octanol–water partition coefficient (Wildman–Crippen LogP) is 1.79. The summed E-state index contributed by atoms with van der Waals surface area (Å²) in [4.78, 5) is 0. The second kappa shape index (κ2) is 2.26. The lowest BCUT2D eigenvalue weighted by Crippen LogP contribution is -1.35. The lowest BCUT2D eigenvalue weighted by atomic mass is 11.9. The molecule has 1 atom stereocenters. The summed E-state index contributed by atoms with van der Waals surface area (Å²) in [6, 6.07) is 0. The van der Waals surface area contributed by atoms with Gasteiger partial charge in [-0.3, -0.25) is 0 Å². The topological polar surface area (TPSA) is 0 Å². The standard InChI is InChI=1S/CH2Cl2P/c2-1(3)4/h4H2. The van der Waals surface area contributed by atoms with Gasteiger partial charge in [0.2, 0.25) is 0 Å². The van der Waals surface area contributed by atoms with E-state index in [1.54, 1.807) is 0 Å². The maximum absolute atomic E-state index is 4.92. The fraction of sp³-hybridized carbons (Fsp3) is 0. The van der Waals surface area contributed by atoms with Gasteiger partial charge in [-0.15, -0.1) is 0 Å². The smallest absolute Gasteiger partial charge is 0.0950 e. The van der Waals surface area contributed by atoms with Gasteiger partial charge in [0.15, 0.2) is 4.58 Å². The maximum Gasteiger partial charge on any atom is 0.166 e. The average Bonchev–Trinajstić information content (AvgIpc) is 0.811. The highest BCUT2D eigenvalue weighted by Gasteiger charge is 1.77. The van der Waals surface area contributed by atoms with Crippen molar-refractivity contribution in [1.29, 1.82) is 0 Å². The summed E-state index contributed by atoms with van der Waals surface area (Å²) in [5, 5.41) is 0. The normalized spacial score (nSPS) is 9.00. The Hall–Kier alpha value is 1.01. The van der Waals surface area contributed by atoms with E-state index in [9.17, 15) is 0 Å². The van der Waals surface area contributed by atoms with E-state index in [4.69, 9.17) is 23.2 Å². The molecule has 0 bridgehead atoms. The monoisotopic (exact) mass is 115 g/mol. The molecule has 0 N–H and O–H groups in total. The van der Waals surface area contributed by atoms with Gasteiger partial charge < -0.3 is 0 Å². The number of halogens is 2. The van der Waals surface area contributed by atoms with Crippen LogP contribution in [0.3, 0.4) is 0 Å². The predicted molar refractivity (Wildman–Crippen MR) is 24.7 cm³/mol. The Balaban J connectivity index is 2.32. The van der Waals surface area contributed by atoms with Crippen molar-refractivity contribution in [3.05, 3.63) is 4.58 Å². The van der Waals surface area contributed by atoms with Crippen molar-refractivity contribution in [1.82, 2.24) is 0 Å². The van der Waals surface area contributed by atoms with E-state index in [0.29, 0.717) is 0 Å². The molecule has 0 fully saturated rings. The van der Waals surface area contributed by atoms with Gasteiger partial charge in [0.05, 0.1) is 0 Å². The summed E-state index contributed by atoms with van der Waals surface area (Å²) < 4.78 is 0.278. The van der Waals surface area contributed by atoms with Crippen LogP contribution in [0.4, 0.5) is 0 Å². The third kappa shape index (κ3) is 11.9. The molecule has 0 heterocycles. The van der Waals surface area contributed by atoms with Crippen LogP contribution in [0.2, 0.25) is 0 Å². The van der Waals surface area contributed by atoms with E-state index in [1.165, 1.54) is 0 Å². The van der Waals surface area contributed by atoms with Crippen LogP contribution in [-0.4, -0.2) is 0 Å². The molecule has 0 rings (SSSR count). The zero-order valence-electron chi connectivity index (χ0n) is 1.83. The quantitative estimate of drug-likeness (QED) is 0.423. The van der Waals surface area contributed by atoms with E-state index in [1.807, 2.05) is 0 Å². The van der Waals surface area contributed by atoms with E-state index >= 15 is 0 Å². The fourth-order valence-corrected chi connectivity index (χ4v) is 0. The molecular formula is CH2Cl2P. The Morgan fingerprint density at radius 2 is 1.50 bits per heavy atom. The molecule has 1 radical (unpaired) electrons. The maximum atomic E-state index is 4.92. The summed E-state index contributed by atoms with van der Waals surface area (Å²) in [6.45, 7) is 0. The van der Waals surface area contributed by atoms with Crippen molar-refractivity contribution in [2.75, 3.05) is 0 Å². The van der Waals surface area contributed by atoms with Crippen LogP contribution in [0.25, 0.3) is 0 Å². The second-order valence-corrected chi connectivity index (χ2v) is 2.61. The molecule has 0 spiro atoms. The van der Waals surface area contributed by atoms with E-state index in [-0.39, 0.29) is 4.58 Å². The van der Waals surface area contributed by atoms with Crippen LogP contribution in [0, 0.1) is 4.58 Å². The van der Waals surface area contributed by atoms with Crippen molar-refractivity contribution in [3.63, 3.8) is 0 Å². The molecule has 0 aliphatic carbocycles. The largest absolute Gasteiger partial charge is 0.166 e. The number of rotatable bonds is 0. The van der Waals surface area contributed by atoms with Crippen molar-refractivity contribution >= 4 is 32.4 Å². The molecule has 0 aromatic heterocycles. The minimum atomic E-state index is 0.278. The van der Waals surface area contributed by atoms with Crippen LogP contribution >= 0.6 is 32.4 Å². The first-order valence-electron chi connectivity index (χ1n) is 0.667. The molecule has 0 saturated carbocycles. The second-order valence-electron chi connectivity index (χ2n) is 0.290. The third-order valence-electron chi connectivity index (χ3n) is 0. The summed E-state index contributed by atoms with van der Waals surface area (Å²) in [5.74, 6) is 0. The SMILES string of the molecule is P[C](Cl)Cl. The van der Waals surface area contributed by atoms with Crippen molar-refractivity contribution in [2.45, 2.75) is 0 Å². The van der Waals surface area contributed by atoms with Gasteiger partial charge in [-0.25, -0.2) is 0 Å². The van der Waals surface area contributed by atoms with Crippen LogP contribution in [0.1, 0.15) is 0 Å². The molecule has 3 heteroatoms. The van der Waals surface area contributed by atoms with Gasteiger partial charge in [0.25, 0.3) is 0 Å². The van der Waals surface area contributed by atoms with Crippen LogP contribution < -0.4 is 0 Å². The summed E-state index contributed by atoms with van der Waals surface area (Å²) >= 11 is 9.84. The summed E-state index contributed by atoms with van der Waals surface area (Å²) in [6.07, 6.45) is 0. The first kappa shape index (κ1) is 5.01. The Labute approximate surface area is 37.7 Å². The molecule has 4 heavy (non-hydrogen) atoms. The molecule has 0 saturated heterocycles. The highest BCUT2D eigenvalue weighted by Crippen LogP contribution is 2.18. The van der Waals surface area contributed by atoms with Crippen molar-refractivity contribution in [3.8, 4) is 0 Å². The molecular weight excluding hydrogens is 114 g/mol. The van der Waals surface area contributed by atoms with Gasteiger partial charge in [0.1, 0.15) is 0 Å². The molecule has 0 aromatic rings. The van der Waals surface area contributed by atoms with Gasteiger partial charge in [-0.1, -0.05) is 32.4 Å². The molecule has 0 nitrogen and oxygen atoms in total. The Morgan fingerprint density at radius 1 is 1.50 bits per heavy atom. The van der Waals surface area contributed by atoms with Crippen LogP contribution in [-0.2, 0) is 0 Å². The summed E-state index contributed by atoms with van der Waals surface area (Å²) in [7, 11) is 2.10. The molecule has 0 amide bonds. The minimum absolute atomic E-state index is 0.278. The number of hydrogen-bond donors (Lipinski definition) is 0. The molecule has 1 unspecified atom stereocenters. The first-order chi connectivity index (χ1) is 1.73.